The van der Waals surface area contributed by atoms with Crippen LogP contribution >= 0.6 is 0 Å². The number of rotatable bonds is 4. The van der Waals surface area contributed by atoms with Crippen molar-refractivity contribution in [1.29, 1.82) is 0 Å². The van der Waals surface area contributed by atoms with Gasteiger partial charge in [0.15, 0.2) is 11.6 Å². The molecule has 88 valence electrons. The van der Waals surface area contributed by atoms with Gasteiger partial charge in [0.25, 0.3) is 0 Å². The van der Waals surface area contributed by atoms with E-state index in [0.717, 1.165) is 12.8 Å². The molecule has 0 aliphatic carbocycles. The van der Waals surface area contributed by atoms with Crippen LogP contribution in [-0.4, -0.2) is 48.2 Å². The lowest BCUT2D eigenvalue weighted by Crippen LogP contribution is -2.38. The minimum Gasteiger partial charge on any atom is -0.370 e. The van der Waals surface area contributed by atoms with Gasteiger partial charge in [0.1, 0.15) is 13.2 Å². The largest absolute Gasteiger partial charge is 0.370 e. The van der Waals surface area contributed by atoms with Gasteiger partial charge in [-0.2, -0.15) is 0 Å². The van der Waals surface area contributed by atoms with Crippen LogP contribution in [0.4, 0.5) is 0 Å². The van der Waals surface area contributed by atoms with E-state index in [-0.39, 0.29) is 13.2 Å². The SMILES string of the molecule is OC1(COCC2(O)CCCO2)CCCO1. The van der Waals surface area contributed by atoms with Crippen LogP contribution in [0.5, 0.6) is 0 Å². The van der Waals surface area contributed by atoms with Crippen molar-refractivity contribution in [2.45, 2.75) is 37.3 Å². The summed E-state index contributed by atoms with van der Waals surface area (Å²) in [6.45, 7) is 1.33. The number of hydrogen-bond donors (Lipinski definition) is 2. The van der Waals surface area contributed by atoms with Crippen molar-refractivity contribution in [2.24, 2.45) is 0 Å². The quantitative estimate of drug-likeness (QED) is 0.695. The second-order valence-electron chi connectivity index (χ2n) is 4.29. The fourth-order valence-electron chi connectivity index (χ4n) is 1.96. The highest BCUT2D eigenvalue weighted by Gasteiger charge is 2.36. The van der Waals surface area contributed by atoms with E-state index in [0.29, 0.717) is 26.1 Å². The molecule has 2 fully saturated rings. The van der Waals surface area contributed by atoms with Gasteiger partial charge >= 0.3 is 0 Å². The Balaban J connectivity index is 1.69. The molecule has 2 rings (SSSR count). The van der Waals surface area contributed by atoms with Crippen LogP contribution in [0, 0.1) is 0 Å². The maximum absolute atomic E-state index is 9.78. The molecule has 2 heterocycles. The monoisotopic (exact) mass is 218 g/mol. The molecule has 5 heteroatoms. The van der Waals surface area contributed by atoms with Gasteiger partial charge in [-0.3, -0.25) is 0 Å². The van der Waals surface area contributed by atoms with Crippen LogP contribution in [0.2, 0.25) is 0 Å². The van der Waals surface area contributed by atoms with E-state index in [1.807, 2.05) is 0 Å². The summed E-state index contributed by atoms with van der Waals surface area (Å²) >= 11 is 0. The summed E-state index contributed by atoms with van der Waals surface area (Å²) in [5.74, 6) is -2.32. The zero-order valence-electron chi connectivity index (χ0n) is 8.78. The Morgan fingerprint density at radius 2 is 1.40 bits per heavy atom. The predicted octanol–water partition coefficient (Wildman–Crippen LogP) is 0.001000. The predicted molar refractivity (Wildman–Crippen MR) is 51.1 cm³/mol. The van der Waals surface area contributed by atoms with E-state index < -0.39 is 11.6 Å². The van der Waals surface area contributed by atoms with Crippen LogP contribution in [0.25, 0.3) is 0 Å². The van der Waals surface area contributed by atoms with E-state index in [2.05, 4.69) is 0 Å². The zero-order chi connectivity index (χ0) is 10.8. The maximum atomic E-state index is 9.78. The van der Waals surface area contributed by atoms with Gasteiger partial charge in [-0.05, 0) is 12.8 Å². The molecule has 0 bridgehead atoms. The van der Waals surface area contributed by atoms with Gasteiger partial charge in [-0.25, -0.2) is 0 Å². The lowest BCUT2D eigenvalue weighted by atomic mass is 10.2. The molecule has 0 radical (unpaired) electrons. The first-order chi connectivity index (χ1) is 7.12. The van der Waals surface area contributed by atoms with Gasteiger partial charge in [-0.1, -0.05) is 0 Å². The average Bonchev–Trinajstić information content (AvgIpc) is 2.76. The van der Waals surface area contributed by atoms with Gasteiger partial charge in [0, 0.05) is 12.8 Å². The molecule has 0 aromatic heterocycles. The van der Waals surface area contributed by atoms with Crippen molar-refractivity contribution in [3.8, 4) is 0 Å². The summed E-state index contributed by atoms with van der Waals surface area (Å²) in [5, 5.41) is 19.6. The van der Waals surface area contributed by atoms with Crippen LogP contribution in [-0.2, 0) is 14.2 Å². The van der Waals surface area contributed by atoms with E-state index in [1.54, 1.807) is 0 Å². The van der Waals surface area contributed by atoms with Crippen molar-refractivity contribution in [3.05, 3.63) is 0 Å². The molecule has 15 heavy (non-hydrogen) atoms. The fraction of sp³-hybridized carbons (Fsp3) is 1.00. The molecular formula is C10H18O5. The number of hydrogen-bond acceptors (Lipinski definition) is 5. The molecule has 2 atom stereocenters. The van der Waals surface area contributed by atoms with Crippen molar-refractivity contribution in [1.82, 2.24) is 0 Å². The van der Waals surface area contributed by atoms with Crippen molar-refractivity contribution in [3.63, 3.8) is 0 Å². The highest BCUT2D eigenvalue weighted by atomic mass is 16.7. The fourth-order valence-corrected chi connectivity index (χ4v) is 1.96. The van der Waals surface area contributed by atoms with Crippen LogP contribution in [0.3, 0.4) is 0 Å². The Bertz CT molecular complexity index is 184. The molecule has 0 saturated carbocycles. The smallest absolute Gasteiger partial charge is 0.189 e. The Morgan fingerprint density at radius 1 is 0.933 bits per heavy atom. The maximum Gasteiger partial charge on any atom is 0.189 e. The minimum atomic E-state index is -1.16. The van der Waals surface area contributed by atoms with E-state index in [1.165, 1.54) is 0 Å². The summed E-state index contributed by atoms with van der Waals surface area (Å²) in [6.07, 6.45) is 2.87. The first-order valence-corrected chi connectivity index (χ1v) is 5.42. The third-order valence-electron chi connectivity index (χ3n) is 2.82. The summed E-state index contributed by atoms with van der Waals surface area (Å²) in [5.41, 5.74) is 0. The molecule has 2 N–H and O–H groups in total. The van der Waals surface area contributed by atoms with Gasteiger partial charge in [0.05, 0.1) is 13.2 Å². The third kappa shape index (κ3) is 2.89. The minimum absolute atomic E-state index is 0.0959. The second kappa shape index (κ2) is 4.35. The first kappa shape index (κ1) is 11.3. The third-order valence-corrected chi connectivity index (χ3v) is 2.82. The normalized spacial score (nSPS) is 41.2. The Kier molecular flexibility index (Phi) is 3.27. The highest BCUT2D eigenvalue weighted by Crippen LogP contribution is 2.26. The molecule has 0 aromatic carbocycles. The number of aliphatic hydroxyl groups is 2. The van der Waals surface area contributed by atoms with Crippen molar-refractivity contribution < 1.29 is 24.4 Å². The Labute approximate surface area is 88.9 Å². The average molecular weight is 218 g/mol. The lowest BCUT2D eigenvalue weighted by Gasteiger charge is -2.25. The molecular weight excluding hydrogens is 200 g/mol. The standard InChI is InChI=1S/C10H18O5/c11-9(3-1-5-14-9)7-13-8-10(12)4-2-6-15-10/h11-12H,1-8H2. The van der Waals surface area contributed by atoms with Gasteiger partial charge in [-0.15, -0.1) is 0 Å². The lowest BCUT2D eigenvalue weighted by molar-refractivity contribution is -0.243. The van der Waals surface area contributed by atoms with Crippen molar-refractivity contribution >= 4 is 0 Å². The topological polar surface area (TPSA) is 68.2 Å². The Hall–Kier alpha value is -0.200. The van der Waals surface area contributed by atoms with Gasteiger partial charge < -0.3 is 24.4 Å². The molecule has 2 saturated heterocycles. The molecule has 0 spiro atoms. The highest BCUT2D eigenvalue weighted by molar-refractivity contribution is 4.75. The van der Waals surface area contributed by atoms with E-state index >= 15 is 0 Å². The molecule has 2 aliphatic heterocycles. The first-order valence-electron chi connectivity index (χ1n) is 5.42. The second-order valence-corrected chi connectivity index (χ2v) is 4.29. The van der Waals surface area contributed by atoms with Gasteiger partial charge in [0.2, 0.25) is 0 Å². The van der Waals surface area contributed by atoms with Crippen LogP contribution in [0.1, 0.15) is 25.7 Å². The van der Waals surface area contributed by atoms with Crippen LogP contribution in [0.15, 0.2) is 0 Å². The summed E-state index contributed by atoms with van der Waals surface area (Å²) < 4.78 is 15.5. The van der Waals surface area contributed by atoms with E-state index in [9.17, 15) is 10.2 Å². The number of ether oxygens (including phenoxy) is 3. The summed E-state index contributed by atoms with van der Waals surface area (Å²) in [6, 6.07) is 0. The van der Waals surface area contributed by atoms with Crippen molar-refractivity contribution in [2.75, 3.05) is 26.4 Å². The molecule has 2 unspecified atom stereocenters. The van der Waals surface area contributed by atoms with E-state index in [4.69, 9.17) is 14.2 Å². The molecule has 5 nitrogen and oxygen atoms in total. The summed E-state index contributed by atoms with van der Waals surface area (Å²) in [4.78, 5) is 0. The molecule has 0 aromatic rings. The van der Waals surface area contributed by atoms with Crippen LogP contribution < -0.4 is 0 Å². The zero-order valence-corrected chi connectivity index (χ0v) is 8.78. The molecule has 0 amide bonds. The molecule has 2 aliphatic rings. The summed E-state index contributed by atoms with van der Waals surface area (Å²) in [7, 11) is 0. The Morgan fingerprint density at radius 3 is 1.73 bits per heavy atom.